The first-order valence-electron chi connectivity index (χ1n) is 8.77. The predicted molar refractivity (Wildman–Crippen MR) is 101 cm³/mol. The maximum Gasteiger partial charge on any atom is 0.241 e. The smallest absolute Gasteiger partial charge is 0.241 e. The molecular weight excluding hydrogens is 333 g/mol. The Labute approximate surface area is 153 Å². The summed E-state index contributed by atoms with van der Waals surface area (Å²) in [4.78, 5) is 16.8. The van der Waals surface area contributed by atoms with Gasteiger partial charge in [-0.3, -0.25) is 9.69 Å². The minimum Gasteiger partial charge on any atom is -0.495 e. The molecule has 5 nitrogen and oxygen atoms in total. The number of piperazine rings is 1. The van der Waals surface area contributed by atoms with Gasteiger partial charge in [0.25, 0.3) is 0 Å². The van der Waals surface area contributed by atoms with E-state index in [9.17, 15) is 9.18 Å². The Morgan fingerprint density at radius 3 is 2.42 bits per heavy atom. The monoisotopic (exact) mass is 357 g/mol. The Balaban J connectivity index is 1.59. The number of anilines is 2. The van der Waals surface area contributed by atoms with Crippen LogP contribution in [0.5, 0.6) is 5.75 Å². The summed E-state index contributed by atoms with van der Waals surface area (Å²) in [6, 6.07) is 13.8. The largest absolute Gasteiger partial charge is 0.495 e. The average Bonchev–Trinajstić information content (AvgIpc) is 2.69. The zero-order valence-corrected chi connectivity index (χ0v) is 15.1. The van der Waals surface area contributed by atoms with Gasteiger partial charge in [-0.2, -0.15) is 0 Å². The lowest BCUT2D eigenvalue weighted by molar-refractivity contribution is -0.120. The van der Waals surface area contributed by atoms with Gasteiger partial charge in [-0.05, 0) is 31.2 Å². The Morgan fingerprint density at radius 1 is 1.08 bits per heavy atom. The average molecular weight is 357 g/mol. The molecule has 0 radical (unpaired) electrons. The second-order valence-electron chi connectivity index (χ2n) is 6.34. The molecule has 1 N–H and O–H groups in total. The SMILES string of the molecule is COc1ccccc1N1CCN([C@@H](C)C(=O)Nc2ccccc2F)CC1. The van der Waals surface area contributed by atoms with Crippen molar-refractivity contribution in [3.63, 3.8) is 0 Å². The third kappa shape index (κ3) is 3.96. The lowest BCUT2D eigenvalue weighted by Crippen LogP contribution is -2.52. The van der Waals surface area contributed by atoms with Gasteiger partial charge in [-0.15, -0.1) is 0 Å². The third-order valence-corrected chi connectivity index (χ3v) is 4.80. The second kappa shape index (κ2) is 8.19. The van der Waals surface area contributed by atoms with Crippen molar-refractivity contribution in [3.05, 3.63) is 54.3 Å². The lowest BCUT2D eigenvalue weighted by Gasteiger charge is -2.38. The number of benzene rings is 2. The quantitative estimate of drug-likeness (QED) is 0.894. The topological polar surface area (TPSA) is 44.8 Å². The van der Waals surface area contributed by atoms with Crippen molar-refractivity contribution in [1.29, 1.82) is 0 Å². The highest BCUT2D eigenvalue weighted by Crippen LogP contribution is 2.28. The van der Waals surface area contributed by atoms with E-state index in [0.29, 0.717) is 0 Å². The number of amides is 1. The van der Waals surface area contributed by atoms with Crippen LogP contribution in [0.4, 0.5) is 15.8 Å². The summed E-state index contributed by atoms with van der Waals surface area (Å²) in [6.07, 6.45) is 0. The first kappa shape index (κ1) is 18.2. The summed E-state index contributed by atoms with van der Waals surface area (Å²) in [6.45, 7) is 4.97. The van der Waals surface area contributed by atoms with E-state index in [0.717, 1.165) is 37.6 Å². The van der Waals surface area contributed by atoms with Gasteiger partial charge in [0, 0.05) is 26.2 Å². The summed E-state index contributed by atoms with van der Waals surface area (Å²) in [7, 11) is 1.67. The Kier molecular flexibility index (Phi) is 5.73. The van der Waals surface area contributed by atoms with Crippen molar-refractivity contribution < 1.29 is 13.9 Å². The molecule has 1 saturated heterocycles. The van der Waals surface area contributed by atoms with E-state index in [4.69, 9.17) is 4.74 Å². The molecule has 0 spiro atoms. The van der Waals surface area contributed by atoms with Crippen molar-refractivity contribution in [2.24, 2.45) is 0 Å². The molecule has 0 saturated carbocycles. The first-order chi connectivity index (χ1) is 12.6. The van der Waals surface area contributed by atoms with Crippen LogP contribution in [0.15, 0.2) is 48.5 Å². The van der Waals surface area contributed by atoms with Crippen LogP contribution >= 0.6 is 0 Å². The molecule has 26 heavy (non-hydrogen) atoms. The highest BCUT2D eigenvalue weighted by molar-refractivity contribution is 5.94. The number of methoxy groups -OCH3 is 1. The Bertz CT molecular complexity index is 760. The van der Waals surface area contributed by atoms with Crippen molar-refractivity contribution in [2.45, 2.75) is 13.0 Å². The van der Waals surface area contributed by atoms with Crippen molar-refractivity contribution in [2.75, 3.05) is 43.5 Å². The molecular formula is C20H24FN3O2. The molecule has 0 unspecified atom stereocenters. The van der Waals surface area contributed by atoms with Crippen LogP contribution in [0.1, 0.15) is 6.92 Å². The molecule has 1 aliphatic rings. The minimum atomic E-state index is -0.422. The van der Waals surface area contributed by atoms with Crippen molar-refractivity contribution in [3.8, 4) is 5.75 Å². The second-order valence-corrected chi connectivity index (χ2v) is 6.34. The van der Waals surface area contributed by atoms with E-state index < -0.39 is 5.82 Å². The normalized spacial score (nSPS) is 16.2. The predicted octanol–water partition coefficient (Wildman–Crippen LogP) is 2.98. The highest BCUT2D eigenvalue weighted by atomic mass is 19.1. The molecule has 2 aromatic rings. The van der Waals surface area contributed by atoms with Crippen molar-refractivity contribution in [1.82, 2.24) is 4.90 Å². The fourth-order valence-corrected chi connectivity index (χ4v) is 3.21. The van der Waals surface area contributed by atoms with Crippen LogP contribution in [0.25, 0.3) is 0 Å². The van der Waals surface area contributed by atoms with Gasteiger partial charge in [-0.25, -0.2) is 4.39 Å². The number of hydrogen-bond acceptors (Lipinski definition) is 4. The minimum absolute atomic E-state index is 0.194. The molecule has 6 heteroatoms. The summed E-state index contributed by atoms with van der Waals surface area (Å²) in [5.74, 6) is 0.237. The maximum absolute atomic E-state index is 13.7. The maximum atomic E-state index is 13.7. The Morgan fingerprint density at radius 2 is 1.73 bits per heavy atom. The number of rotatable bonds is 5. The van der Waals surface area contributed by atoms with E-state index in [1.54, 1.807) is 25.3 Å². The van der Waals surface area contributed by atoms with Gasteiger partial charge < -0.3 is 15.0 Å². The zero-order chi connectivity index (χ0) is 18.5. The van der Waals surface area contributed by atoms with Crippen LogP contribution < -0.4 is 15.0 Å². The summed E-state index contributed by atoms with van der Waals surface area (Å²) in [5, 5.41) is 2.68. The lowest BCUT2D eigenvalue weighted by atomic mass is 10.2. The summed E-state index contributed by atoms with van der Waals surface area (Å²) >= 11 is 0. The molecule has 1 atom stereocenters. The number of para-hydroxylation sites is 3. The van der Waals surface area contributed by atoms with Crippen molar-refractivity contribution >= 4 is 17.3 Å². The van der Waals surface area contributed by atoms with E-state index in [-0.39, 0.29) is 17.6 Å². The third-order valence-electron chi connectivity index (χ3n) is 4.80. The number of hydrogen-bond donors (Lipinski definition) is 1. The van der Waals surface area contributed by atoms with Crippen LogP contribution in [-0.4, -0.2) is 50.1 Å². The van der Waals surface area contributed by atoms with Crippen LogP contribution in [0, 0.1) is 5.82 Å². The molecule has 1 fully saturated rings. The van der Waals surface area contributed by atoms with Gasteiger partial charge in [0.15, 0.2) is 0 Å². The molecule has 1 aliphatic heterocycles. The van der Waals surface area contributed by atoms with E-state index in [1.807, 2.05) is 31.2 Å². The molecule has 1 amide bonds. The first-order valence-corrected chi connectivity index (χ1v) is 8.77. The zero-order valence-electron chi connectivity index (χ0n) is 15.1. The van der Waals surface area contributed by atoms with Gasteiger partial charge in [0.05, 0.1) is 24.5 Å². The van der Waals surface area contributed by atoms with Crippen LogP contribution in [0.3, 0.4) is 0 Å². The standard InChI is InChI=1S/C20H24FN3O2/c1-15(20(25)22-17-8-4-3-7-16(17)21)23-11-13-24(14-12-23)18-9-5-6-10-19(18)26-2/h3-10,15H,11-14H2,1-2H3,(H,22,25)/t15-/m0/s1. The summed E-state index contributed by atoms with van der Waals surface area (Å²) < 4.78 is 19.2. The van der Waals surface area contributed by atoms with Gasteiger partial charge in [-0.1, -0.05) is 24.3 Å². The fraction of sp³-hybridized carbons (Fsp3) is 0.350. The highest BCUT2D eigenvalue weighted by Gasteiger charge is 2.27. The molecule has 138 valence electrons. The molecule has 0 aromatic heterocycles. The number of carbonyl (C=O) groups excluding carboxylic acids is 1. The van der Waals surface area contributed by atoms with E-state index in [2.05, 4.69) is 15.1 Å². The Hall–Kier alpha value is -2.60. The van der Waals surface area contributed by atoms with E-state index in [1.165, 1.54) is 6.07 Å². The number of ether oxygens (including phenoxy) is 1. The van der Waals surface area contributed by atoms with E-state index >= 15 is 0 Å². The number of nitrogens with one attached hydrogen (secondary N) is 1. The molecule has 0 bridgehead atoms. The molecule has 3 rings (SSSR count). The van der Waals surface area contributed by atoms with Gasteiger partial charge in [0.1, 0.15) is 11.6 Å². The number of carbonyl (C=O) groups is 1. The van der Waals surface area contributed by atoms with Gasteiger partial charge >= 0.3 is 0 Å². The number of nitrogens with zero attached hydrogens (tertiary/aromatic N) is 2. The fourth-order valence-electron chi connectivity index (χ4n) is 3.21. The van der Waals surface area contributed by atoms with Crippen LogP contribution in [-0.2, 0) is 4.79 Å². The molecule has 0 aliphatic carbocycles. The molecule has 2 aromatic carbocycles. The van der Waals surface area contributed by atoms with Gasteiger partial charge in [0.2, 0.25) is 5.91 Å². The summed E-state index contributed by atoms with van der Waals surface area (Å²) in [5.41, 5.74) is 1.29. The molecule has 1 heterocycles. The number of halogens is 1. The van der Waals surface area contributed by atoms with Crippen LogP contribution in [0.2, 0.25) is 0 Å².